The van der Waals surface area contributed by atoms with Gasteiger partial charge in [0.05, 0.1) is 0 Å². The van der Waals surface area contributed by atoms with Crippen LogP contribution in [0.3, 0.4) is 0 Å². The molecule has 10 aromatic carbocycles. The summed E-state index contributed by atoms with van der Waals surface area (Å²) in [6.45, 7) is 0. The van der Waals surface area contributed by atoms with Gasteiger partial charge in [0.25, 0.3) is 0 Å². The van der Waals surface area contributed by atoms with Crippen LogP contribution in [0, 0.1) is 0 Å². The monoisotopic (exact) mass is 946 g/mol. The number of hydrogen-bond acceptors (Lipinski definition) is 1. The Hall–Kier alpha value is -4.75. The summed E-state index contributed by atoms with van der Waals surface area (Å²) in [6, 6.07) is 0. The largest absolute Gasteiger partial charge is 0.457 e. The Morgan fingerprint density at radius 2 is 0.309 bits per heavy atom. The molecule has 0 fully saturated rings. The first-order valence-corrected chi connectivity index (χ1v) is 23.8. The predicted octanol–water partition coefficient (Wildman–Crippen LogP) is -21.8. The van der Waals surface area contributed by atoms with Crippen LogP contribution in [-0.4, -0.2) is 235 Å². The standard InChI is InChI=1S/C50B30O/c51-19-3(8-9(26(58)44(76)43(75)25(8)57)10-12(19)33(65)46(78)45(77)27(10)59)1-4-6(23(55)41(73)39(71)21(4)53)2(7-5(1)22(54)40(72)42(74)24(7)56)11-28(60)30(62)14(31(63)29(11)61)16-32(64)36(68)18-17-20(52)13-15(35(67)48(80)47(79)34(13)66)37(69)49(17)81-50(18)38(16)70. The Morgan fingerprint density at radius 1 is 0.111 bits per heavy atom. The van der Waals surface area contributed by atoms with Gasteiger partial charge in [-0.05, 0) is 98.2 Å². The van der Waals surface area contributed by atoms with Crippen molar-refractivity contribution in [3.05, 3.63) is 0 Å². The average Bonchev–Trinajstić information content (AvgIpc) is 2.11. The summed E-state index contributed by atoms with van der Waals surface area (Å²) in [6.07, 6.45) is 0. The predicted molar refractivity (Wildman–Crippen MR) is 379 cm³/mol. The fraction of sp³-hybridized carbons (Fsp3) is 0. The zero-order chi connectivity index (χ0) is 59.6. The van der Waals surface area contributed by atoms with Crippen LogP contribution in [-0.2, 0) is 0 Å². The summed E-state index contributed by atoms with van der Waals surface area (Å²) in [5.74, 6) is 0. The Bertz CT molecular complexity index is 4820. The quantitative estimate of drug-likeness (QED) is 0.0977. The molecule has 1 nitrogen and oxygen atoms in total. The fourth-order valence-corrected chi connectivity index (χ4v) is 11.8. The first kappa shape index (κ1) is 58.0. The lowest BCUT2D eigenvalue weighted by atomic mass is 9.55. The van der Waals surface area contributed by atoms with Gasteiger partial charge in [-0.15, -0.1) is 54.6 Å². The molecule has 11 aromatic rings. The molecule has 11 rings (SSSR count). The van der Waals surface area contributed by atoms with Crippen LogP contribution in [0.1, 0.15) is 0 Å². The van der Waals surface area contributed by atoms with E-state index in [4.69, 9.17) is 240 Å². The molecular formula is C50B30O. The SMILES string of the molecule is [B]c1c([B])c(-c2c3c([B])c([B])c([B])c([B])c3c(-c3c([B])c4c([B])c([B])c([B])c([B])c4c4c([B])c([B])c([B])c([B])c34)c3c([B])c([B])c([B])c([B])c23)c([B])c([B])c1-c1c([B])c([B])c2c(oc3c([B])c4c([B])c([B])c([B])c([B])c4c([B])c32)c1[B]. The highest BCUT2D eigenvalue weighted by molar-refractivity contribution is 6.79. The normalized spacial score (nSPS) is 12.0. The second kappa shape index (κ2) is 19.4. The molecule has 0 amide bonds. The van der Waals surface area contributed by atoms with Crippen LogP contribution in [0.25, 0.3) is 109 Å². The molecule has 31 heteroatoms. The Balaban J connectivity index is 1.34. The van der Waals surface area contributed by atoms with Crippen LogP contribution in [0.2, 0.25) is 0 Å². The second-order valence-corrected chi connectivity index (χ2v) is 19.9. The molecule has 0 saturated carbocycles. The molecule has 81 heavy (non-hydrogen) atoms. The van der Waals surface area contributed by atoms with Gasteiger partial charge in [-0.25, -0.2) is 0 Å². The zero-order valence-corrected chi connectivity index (χ0v) is 42.7. The van der Waals surface area contributed by atoms with Crippen molar-refractivity contribution in [1.29, 1.82) is 0 Å². The van der Waals surface area contributed by atoms with Crippen molar-refractivity contribution in [2.24, 2.45) is 0 Å². The van der Waals surface area contributed by atoms with E-state index in [1.54, 1.807) is 0 Å². The second-order valence-electron chi connectivity index (χ2n) is 19.9. The van der Waals surface area contributed by atoms with Crippen LogP contribution < -0.4 is 164 Å². The molecule has 60 radical (unpaired) electrons. The minimum atomic E-state index is -0.302. The van der Waals surface area contributed by atoms with E-state index in [0.717, 1.165) is 0 Å². The molecular weight excluding hydrogens is 941 g/mol. The third-order valence-corrected chi connectivity index (χ3v) is 16.0. The Morgan fingerprint density at radius 3 is 0.667 bits per heavy atom. The topological polar surface area (TPSA) is 13.1 Å². The van der Waals surface area contributed by atoms with E-state index < -0.39 is 0 Å². The Kier molecular flexibility index (Phi) is 13.9. The minimum absolute atomic E-state index is 0.00867. The van der Waals surface area contributed by atoms with E-state index in [2.05, 4.69) is 0 Å². The zero-order valence-electron chi connectivity index (χ0n) is 42.7. The van der Waals surface area contributed by atoms with Crippen molar-refractivity contribution >= 4 is 475 Å². The number of benzene rings is 10. The van der Waals surface area contributed by atoms with Crippen molar-refractivity contribution in [2.75, 3.05) is 0 Å². The first-order chi connectivity index (χ1) is 37.8. The summed E-state index contributed by atoms with van der Waals surface area (Å²) in [5.41, 5.74) is -5.43. The van der Waals surface area contributed by atoms with Crippen LogP contribution in [0.15, 0.2) is 4.42 Å². The molecule has 0 aliphatic heterocycles. The van der Waals surface area contributed by atoms with Crippen molar-refractivity contribution in [3.8, 4) is 33.4 Å². The van der Waals surface area contributed by atoms with Crippen LogP contribution in [0.4, 0.5) is 0 Å². The molecule has 296 valence electrons. The van der Waals surface area contributed by atoms with Crippen LogP contribution in [0.5, 0.6) is 0 Å². The molecule has 1 heterocycles. The van der Waals surface area contributed by atoms with E-state index in [1.807, 2.05) is 0 Å². The molecule has 0 unspecified atom stereocenters. The molecule has 0 aliphatic rings. The lowest BCUT2D eigenvalue weighted by Crippen LogP contribution is -2.52. The van der Waals surface area contributed by atoms with Crippen molar-refractivity contribution in [1.82, 2.24) is 0 Å². The van der Waals surface area contributed by atoms with Gasteiger partial charge < -0.3 is 4.42 Å². The van der Waals surface area contributed by atoms with Gasteiger partial charge in [0.2, 0.25) is 0 Å². The van der Waals surface area contributed by atoms with E-state index in [-0.39, 0.29) is 273 Å². The lowest BCUT2D eigenvalue weighted by molar-refractivity contribution is 0.675. The van der Waals surface area contributed by atoms with Crippen molar-refractivity contribution in [3.63, 3.8) is 0 Å². The summed E-state index contributed by atoms with van der Waals surface area (Å²) in [4.78, 5) is 0. The maximum Gasteiger partial charge on any atom is 0.128 e. The van der Waals surface area contributed by atoms with E-state index in [0.29, 0.717) is 0 Å². The Labute approximate surface area is 509 Å². The van der Waals surface area contributed by atoms with Crippen molar-refractivity contribution < 1.29 is 4.42 Å². The molecule has 1 aromatic heterocycles. The van der Waals surface area contributed by atoms with Gasteiger partial charge in [0, 0.05) is 10.8 Å². The number of fused-ring (bicyclic) bond motifs is 9. The van der Waals surface area contributed by atoms with Crippen LogP contribution >= 0.6 is 0 Å². The number of hydrogen-bond donors (Lipinski definition) is 0. The number of rotatable bonds is 3. The molecule has 0 bridgehead atoms. The van der Waals surface area contributed by atoms with E-state index >= 15 is 0 Å². The minimum Gasteiger partial charge on any atom is -0.457 e. The first-order valence-electron chi connectivity index (χ1n) is 23.8. The highest BCUT2D eigenvalue weighted by Gasteiger charge is 2.32. The summed E-state index contributed by atoms with van der Waals surface area (Å²) in [7, 11) is 205. The molecule has 0 spiro atoms. The third-order valence-electron chi connectivity index (χ3n) is 16.0. The average molecular weight is 941 g/mol. The summed E-state index contributed by atoms with van der Waals surface area (Å²) in [5, 5.41) is 0.617. The highest BCUT2D eigenvalue weighted by atomic mass is 16.3. The van der Waals surface area contributed by atoms with Gasteiger partial charge in [-0.2, -0.15) is 0 Å². The summed E-state index contributed by atoms with van der Waals surface area (Å²) >= 11 is 0. The van der Waals surface area contributed by atoms with Gasteiger partial charge in [-0.3, -0.25) is 0 Å². The number of furan rings is 1. The van der Waals surface area contributed by atoms with Gasteiger partial charge in [0.15, 0.2) is 0 Å². The van der Waals surface area contributed by atoms with Crippen molar-refractivity contribution in [2.45, 2.75) is 0 Å². The molecule has 0 saturated heterocycles. The van der Waals surface area contributed by atoms with Gasteiger partial charge in [0.1, 0.15) is 247 Å². The molecule has 0 N–H and O–H groups in total. The smallest absolute Gasteiger partial charge is 0.128 e. The maximum absolute atomic E-state index is 7.37. The van der Waals surface area contributed by atoms with Gasteiger partial charge >= 0.3 is 0 Å². The van der Waals surface area contributed by atoms with E-state index in [1.165, 1.54) is 0 Å². The third kappa shape index (κ3) is 7.30. The van der Waals surface area contributed by atoms with E-state index in [9.17, 15) is 0 Å². The summed E-state index contributed by atoms with van der Waals surface area (Å²) < 4.78 is 6.41. The highest BCUT2D eigenvalue weighted by Crippen LogP contribution is 2.42. The fourth-order valence-electron chi connectivity index (χ4n) is 11.8. The molecule has 0 atom stereocenters. The van der Waals surface area contributed by atoms with Gasteiger partial charge in [-0.1, -0.05) is 98.3 Å². The maximum atomic E-state index is 7.37. The molecule has 0 aliphatic carbocycles. The lowest BCUT2D eigenvalue weighted by Gasteiger charge is -2.33.